The molecule has 2 heterocycles. The molecule has 1 aliphatic heterocycles. The molecule has 1 atom stereocenters. The number of benzene rings is 1. The van der Waals surface area contributed by atoms with Crippen LogP contribution in [0.3, 0.4) is 0 Å². The third-order valence-electron chi connectivity index (χ3n) is 3.86. The maximum Gasteiger partial charge on any atom is 0.431 e. The van der Waals surface area contributed by atoms with Crippen LogP contribution in [0.2, 0.25) is 6.82 Å². The number of hydrogen-bond acceptors (Lipinski definition) is 3. The molecule has 1 aliphatic rings. The van der Waals surface area contributed by atoms with Crippen LogP contribution in [-0.4, -0.2) is 18.0 Å². The Kier molecular flexibility index (Phi) is 3.99. The van der Waals surface area contributed by atoms with Crippen molar-refractivity contribution < 1.29 is 22.7 Å². The fourth-order valence-corrected chi connectivity index (χ4v) is 2.68. The van der Waals surface area contributed by atoms with E-state index in [1.807, 2.05) is 14.1 Å². The van der Waals surface area contributed by atoms with Gasteiger partial charge in [0.05, 0.1) is 12.0 Å². The summed E-state index contributed by atoms with van der Waals surface area (Å²) in [5, 5.41) is 0. The standard InChI is InChI=1S/C16H12BF3NO3/c1-17-8-2-4-12-10(6-8)11(22)7-13(24-12)9-3-5-14(23)21-15(9)16(18,19)20/h2-6,13H,7H2,1H3,(H,21,23). The van der Waals surface area contributed by atoms with Gasteiger partial charge in [-0.2, -0.15) is 13.2 Å². The smallest absolute Gasteiger partial charge is 0.431 e. The number of aromatic nitrogens is 1. The molecule has 0 bridgehead atoms. The van der Waals surface area contributed by atoms with Gasteiger partial charge in [-0.05, 0) is 12.1 Å². The number of rotatable bonds is 2. The summed E-state index contributed by atoms with van der Waals surface area (Å²) in [7, 11) is 1.81. The van der Waals surface area contributed by atoms with E-state index in [9.17, 15) is 22.8 Å². The van der Waals surface area contributed by atoms with Crippen LogP contribution in [0, 0.1) is 0 Å². The third-order valence-corrected chi connectivity index (χ3v) is 3.86. The Morgan fingerprint density at radius 1 is 1.21 bits per heavy atom. The van der Waals surface area contributed by atoms with E-state index in [2.05, 4.69) is 0 Å². The molecule has 0 fully saturated rings. The van der Waals surface area contributed by atoms with E-state index >= 15 is 0 Å². The van der Waals surface area contributed by atoms with Crippen molar-refractivity contribution in [3.63, 3.8) is 0 Å². The Hall–Kier alpha value is -2.51. The first kappa shape index (κ1) is 16.4. The normalized spacial score (nSPS) is 17.2. The Balaban J connectivity index is 2.04. The predicted octanol–water partition coefficient (Wildman–Crippen LogP) is 2.48. The molecule has 1 aromatic heterocycles. The minimum absolute atomic E-state index is 0.227. The van der Waals surface area contributed by atoms with Gasteiger partial charge in [0, 0.05) is 11.6 Å². The number of Topliss-reactive ketones (excluding diaryl/α,β-unsaturated/α-hetero) is 1. The number of carbonyl (C=O) groups is 1. The van der Waals surface area contributed by atoms with E-state index in [4.69, 9.17) is 4.74 Å². The molecular formula is C16H12BF3NO3. The number of halogens is 3. The van der Waals surface area contributed by atoms with Gasteiger partial charge in [-0.3, -0.25) is 9.59 Å². The molecule has 0 spiro atoms. The first-order valence-corrected chi connectivity index (χ1v) is 7.23. The van der Waals surface area contributed by atoms with Gasteiger partial charge in [0.15, 0.2) is 5.78 Å². The van der Waals surface area contributed by atoms with Gasteiger partial charge >= 0.3 is 6.18 Å². The summed E-state index contributed by atoms with van der Waals surface area (Å²) in [6, 6.07) is 6.97. The second-order valence-electron chi connectivity index (χ2n) is 5.43. The number of pyridine rings is 1. The third kappa shape index (κ3) is 2.96. The summed E-state index contributed by atoms with van der Waals surface area (Å²) in [6.07, 6.45) is -6.08. The van der Waals surface area contributed by atoms with Crippen molar-refractivity contribution >= 4 is 18.5 Å². The van der Waals surface area contributed by atoms with Crippen molar-refractivity contribution in [1.29, 1.82) is 0 Å². The Morgan fingerprint density at radius 3 is 2.62 bits per heavy atom. The molecule has 1 unspecified atom stereocenters. The van der Waals surface area contributed by atoms with Crippen LogP contribution >= 0.6 is 0 Å². The number of alkyl halides is 3. The van der Waals surface area contributed by atoms with Crippen molar-refractivity contribution in [3.05, 3.63) is 57.5 Å². The number of nitrogens with one attached hydrogen (secondary N) is 1. The van der Waals surface area contributed by atoms with Crippen molar-refractivity contribution in [2.45, 2.75) is 25.5 Å². The summed E-state index contributed by atoms with van der Waals surface area (Å²) in [4.78, 5) is 25.4. The zero-order chi connectivity index (χ0) is 17.5. The molecule has 8 heteroatoms. The average molecular weight is 334 g/mol. The zero-order valence-corrected chi connectivity index (χ0v) is 12.6. The maximum atomic E-state index is 13.2. The van der Waals surface area contributed by atoms with E-state index < -0.39 is 23.5 Å². The molecule has 123 valence electrons. The number of fused-ring (bicyclic) bond motifs is 1. The lowest BCUT2D eigenvalue weighted by Crippen LogP contribution is -2.27. The van der Waals surface area contributed by atoms with Crippen LogP contribution in [0.15, 0.2) is 35.1 Å². The molecule has 0 aliphatic carbocycles. The summed E-state index contributed by atoms with van der Waals surface area (Å²) in [5.41, 5.74) is -1.14. The van der Waals surface area contributed by atoms with Gasteiger partial charge in [-0.15, -0.1) is 0 Å². The highest BCUT2D eigenvalue weighted by atomic mass is 19.4. The van der Waals surface area contributed by atoms with E-state index in [0.717, 1.165) is 17.6 Å². The number of hydrogen-bond donors (Lipinski definition) is 1. The number of carbonyl (C=O) groups excluding carboxylic acids is 1. The maximum absolute atomic E-state index is 13.2. The molecule has 4 nitrogen and oxygen atoms in total. The number of ketones is 1. The van der Waals surface area contributed by atoms with Gasteiger partial charge in [0.25, 0.3) is 0 Å². The highest BCUT2D eigenvalue weighted by Gasteiger charge is 2.39. The van der Waals surface area contributed by atoms with Crippen molar-refractivity contribution in [2.24, 2.45) is 0 Å². The van der Waals surface area contributed by atoms with Crippen molar-refractivity contribution in [1.82, 2.24) is 4.98 Å². The summed E-state index contributed by atoms with van der Waals surface area (Å²) >= 11 is 0. The highest BCUT2D eigenvalue weighted by molar-refractivity contribution is 6.52. The molecule has 0 saturated heterocycles. The van der Waals surface area contributed by atoms with E-state index in [1.165, 1.54) is 0 Å². The first-order chi connectivity index (χ1) is 11.3. The topological polar surface area (TPSA) is 59.2 Å². The van der Waals surface area contributed by atoms with Gasteiger partial charge < -0.3 is 9.72 Å². The molecule has 0 amide bonds. The van der Waals surface area contributed by atoms with E-state index in [0.29, 0.717) is 5.56 Å². The lowest BCUT2D eigenvalue weighted by Gasteiger charge is -2.27. The second-order valence-corrected chi connectivity index (χ2v) is 5.43. The van der Waals surface area contributed by atoms with Crippen LogP contribution in [0.1, 0.15) is 34.1 Å². The van der Waals surface area contributed by atoms with Crippen molar-refractivity contribution in [2.75, 3.05) is 0 Å². The molecule has 1 aromatic carbocycles. The lowest BCUT2D eigenvalue weighted by molar-refractivity contribution is -0.142. The molecule has 1 radical (unpaired) electrons. The molecule has 0 saturated carbocycles. The predicted molar refractivity (Wildman–Crippen MR) is 82.1 cm³/mol. The lowest BCUT2D eigenvalue weighted by atomic mass is 9.72. The Morgan fingerprint density at radius 2 is 1.96 bits per heavy atom. The Bertz CT molecular complexity index is 860. The minimum Gasteiger partial charge on any atom is -0.484 e. The number of aromatic amines is 1. The van der Waals surface area contributed by atoms with E-state index in [1.54, 1.807) is 23.2 Å². The van der Waals surface area contributed by atoms with Gasteiger partial charge in [-0.1, -0.05) is 24.4 Å². The van der Waals surface area contributed by atoms with Crippen LogP contribution in [0.5, 0.6) is 5.75 Å². The fourth-order valence-electron chi connectivity index (χ4n) is 2.68. The minimum atomic E-state index is -4.75. The van der Waals surface area contributed by atoms with Crippen LogP contribution in [-0.2, 0) is 6.18 Å². The van der Waals surface area contributed by atoms with Gasteiger partial charge in [0.1, 0.15) is 24.8 Å². The molecule has 3 rings (SSSR count). The first-order valence-electron chi connectivity index (χ1n) is 7.23. The summed E-state index contributed by atoms with van der Waals surface area (Å²) < 4.78 is 45.1. The number of H-pyrrole nitrogens is 1. The quantitative estimate of drug-likeness (QED) is 0.859. The van der Waals surface area contributed by atoms with Crippen molar-refractivity contribution in [3.8, 4) is 5.75 Å². The van der Waals surface area contributed by atoms with Gasteiger partial charge in [0.2, 0.25) is 5.56 Å². The molecule has 24 heavy (non-hydrogen) atoms. The van der Waals surface area contributed by atoms with Crippen LogP contribution in [0.4, 0.5) is 13.2 Å². The average Bonchev–Trinajstić information content (AvgIpc) is 2.53. The molecular weight excluding hydrogens is 322 g/mol. The zero-order valence-electron chi connectivity index (χ0n) is 12.6. The molecule has 1 N–H and O–H groups in total. The SMILES string of the molecule is C[B]c1ccc2c(c1)C(=O)CC(c1ccc(=O)[nH]c1C(F)(F)F)O2. The number of ether oxygens (including phenoxy) is 1. The summed E-state index contributed by atoms with van der Waals surface area (Å²) in [5.74, 6) is -0.0644. The summed E-state index contributed by atoms with van der Waals surface area (Å²) in [6.45, 7) is 1.81. The highest BCUT2D eigenvalue weighted by Crippen LogP contribution is 2.39. The van der Waals surface area contributed by atoms with Crippen LogP contribution in [0.25, 0.3) is 0 Å². The fraction of sp³-hybridized carbons (Fsp3) is 0.250. The second kappa shape index (κ2) is 5.85. The Labute approximate surface area is 135 Å². The largest absolute Gasteiger partial charge is 0.484 e. The van der Waals surface area contributed by atoms with E-state index in [-0.39, 0.29) is 23.5 Å². The molecule has 2 aromatic rings. The monoisotopic (exact) mass is 334 g/mol. The van der Waals surface area contributed by atoms with Gasteiger partial charge in [-0.25, -0.2) is 0 Å². The van der Waals surface area contributed by atoms with Crippen LogP contribution < -0.4 is 15.8 Å².